The lowest BCUT2D eigenvalue weighted by atomic mass is 10.0. The van der Waals surface area contributed by atoms with Crippen LogP contribution >= 0.6 is 0 Å². The van der Waals surface area contributed by atoms with Crippen LogP contribution in [0.2, 0.25) is 0 Å². The number of sulfonamides is 1. The van der Waals surface area contributed by atoms with Gasteiger partial charge in [-0.25, -0.2) is 13.2 Å². The first kappa shape index (κ1) is 21.8. The highest BCUT2D eigenvalue weighted by atomic mass is 32.2. The van der Waals surface area contributed by atoms with Crippen molar-refractivity contribution < 1.29 is 22.5 Å². The van der Waals surface area contributed by atoms with Gasteiger partial charge in [-0.3, -0.25) is 4.31 Å². The topological polar surface area (TPSA) is 103 Å². The molecule has 0 N–H and O–H groups in total. The second-order valence-corrected chi connectivity index (χ2v) is 9.65. The summed E-state index contributed by atoms with van der Waals surface area (Å²) < 4.78 is 38.3. The summed E-state index contributed by atoms with van der Waals surface area (Å²) in [7, 11) is -3.75. The van der Waals surface area contributed by atoms with Crippen LogP contribution in [0, 0.1) is 0 Å². The minimum atomic E-state index is -3.75. The zero-order valence-electron chi connectivity index (χ0n) is 18.1. The number of esters is 1. The molecule has 4 aromatic rings. The van der Waals surface area contributed by atoms with Crippen molar-refractivity contribution >= 4 is 21.7 Å². The summed E-state index contributed by atoms with van der Waals surface area (Å²) in [5, 5.41) is 3.89. The molecule has 5 rings (SSSR count). The number of carbonyl (C=O) groups is 1. The summed E-state index contributed by atoms with van der Waals surface area (Å²) >= 11 is 0. The lowest BCUT2D eigenvalue weighted by molar-refractivity contribution is 0.0429. The molecule has 1 aliphatic heterocycles. The van der Waals surface area contributed by atoms with Crippen molar-refractivity contribution in [1.82, 2.24) is 10.1 Å². The van der Waals surface area contributed by atoms with Crippen LogP contribution in [0.3, 0.4) is 0 Å². The van der Waals surface area contributed by atoms with E-state index < -0.39 is 16.0 Å². The van der Waals surface area contributed by atoms with E-state index >= 15 is 0 Å². The normalized spacial score (nSPS) is 13.4. The molecule has 2 heterocycles. The van der Waals surface area contributed by atoms with Crippen molar-refractivity contribution in [2.24, 2.45) is 0 Å². The number of nitrogens with zero attached hydrogens (tertiary/aromatic N) is 3. The van der Waals surface area contributed by atoms with E-state index in [2.05, 4.69) is 10.1 Å². The maximum absolute atomic E-state index is 13.2. The molecular weight excluding hydrogens is 454 g/mol. The zero-order chi connectivity index (χ0) is 23.5. The number of aromatic nitrogens is 2. The summed E-state index contributed by atoms with van der Waals surface area (Å²) in [5.41, 5.74) is 2.72. The molecule has 1 aliphatic rings. The Kier molecular flexibility index (Phi) is 5.85. The maximum Gasteiger partial charge on any atom is 0.338 e. The van der Waals surface area contributed by atoms with Crippen LogP contribution in [0.25, 0.3) is 11.4 Å². The van der Waals surface area contributed by atoms with E-state index in [-0.39, 0.29) is 23.0 Å². The van der Waals surface area contributed by atoms with Gasteiger partial charge in [0.25, 0.3) is 15.9 Å². The van der Waals surface area contributed by atoms with E-state index in [1.165, 1.54) is 28.6 Å². The van der Waals surface area contributed by atoms with Crippen LogP contribution in [0.5, 0.6) is 0 Å². The minimum Gasteiger partial charge on any atom is -0.452 e. The minimum absolute atomic E-state index is 0.116. The van der Waals surface area contributed by atoms with E-state index in [1.807, 2.05) is 54.6 Å². The SMILES string of the molecule is O=C(OCc1nc(-c2ccccc2)no1)c1ccc(S(=O)(=O)N2CCCc3ccccc32)cc1. The third-order valence-corrected chi connectivity index (χ3v) is 7.40. The summed E-state index contributed by atoms with van der Waals surface area (Å²) in [4.78, 5) is 16.8. The summed E-state index contributed by atoms with van der Waals surface area (Å²) in [5.74, 6) is -0.0533. The van der Waals surface area contributed by atoms with Gasteiger partial charge >= 0.3 is 5.97 Å². The van der Waals surface area contributed by atoms with E-state index in [1.54, 1.807) is 0 Å². The van der Waals surface area contributed by atoms with Gasteiger partial charge in [0.15, 0.2) is 6.61 Å². The number of ether oxygens (including phenoxy) is 1. The highest BCUT2D eigenvalue weighted by Gasteiger charge is 2.29. The number of aryl methyl sites for hydroxylation is 1. The Balaban J connectivity index is 1.26. The van der Waals surface area contributed by atoms with Crippen LogP contribution in [-0.2, 0) is 27.8 Å². The van der Waals surface area contributed by atoms with Crippen LogP contribution in [0.15, 0.2) is 88.3 Å². The summed E-state index contributed by atoms with van der Waals surface area (Å²) in [6.45, 7) is 0.224. The first-order valence-corrected chi connectivity index (χ1v) is 12.2. The molecule has 0 amide bonds. The molecule has 1 aromatic heterocycles. The molecule has 0 saturated heterocycles. The van der Waals surface area contributed by atoms with Crippen molar-refractivity contribution in [3.05, 3.63) is 95.9 Å². The first-order valence-electron chi connectivity index (χ1n) is 10.8. The van der Waals surface area contributed by atoms with Crippen molar-refractivity contribution in [3.8, 4) is 11.4 Å². The zero-order valence-corrected chi connectivity index (χ0v) is 18.9. The second-order valence-electron chi connectivity index (χ2n) is 7.79. The molecule has 0 bridgehead atoms. The third-order valence-electron chi connectivity index (χ3n) is 5.57. The largest absolute Gasteiger partial charge is 0.452 e. The first-order chi connectivity index (χ1) is 16.5. The number of anilines is 1. The number of fused-ring (bicyclic) bond motifs is 1. The van der Waals surface area contributed by atoms with Crippen molar-refractivity contribution in [1.29, 1.82) is 0 Å². The van der Waals surface area contributed by atoms with Crippen LogP contribution in [0.1, 0.15) is 28.2 Å². The van der Waals surface area contributed by atoms with Gasteiger partial charge in [-0.1, -0.05) is 53.7 Å². The van der Waals surface area contributed by atoms with E-state index in [0.29, 0.717) is 18.1 Å². The standard InChI is InChI=1S/C25H21N3O5S/c29-25(32-17-23-26-24(27-33-23)19-8-2-1-3-9-19)20-12-14-21(15-13-20)34(30,31)28-16-6-10-18-7-4-5-11-22(18)28/h1-5,7-9,11-15H,6,10,16-17H2. The monoisotopic (exact) mass is 475 g/mol. The predicted molar refractivity (Wildman–Crippen MR) is 125 cm³/mol. The number of rotatable bonds is 6. The van der Waals surface area contributed by atoms with Gasteiger partial charge in [-0.2, -0.15) is 4.98 Å². The van der Waals surface area contributed by atoms with Crippen molar-refractivity contribution in [2.75, 3.05) is 10.8 Å². The molecule has 0 saturated carbocycles. The van der Waals surface area contributed by atoms with Gasteiger partial charge in [-0.15, -0.1) is 0 Å². The Bertz CT molecular complexity index is 1420. The van der Waals surface area contributed by atoms with Crippen LogP contribution in [-0.4, -0.2) is 31.1 Å². The van der Waals surface area contributed by atoms with Gasteiger partial charge in [0.1, 0.15) is 0 Å². The molecule has 3 aromatic carbocycles. The molecule has 0 unspecified atom stereocenters. The number of hydrogen-bond donors (Lipinski definition) is 0. The second kappa shape index (κ2) is 9.11. The Labute approximate surface area is 196 Å². The molecule has 0 spiro atoms. The Morgan fingerprint density at radius 1 is 0.971 bits per heavy atom. The summed E-state index contributed by atoms with van der Waals surface area (Å²) in [6.07, 6.45) is 1.60. The van der Waals surface area contributed by atoms with Crippen molar-refractivity contribution in [2.45, 2.75) is 24.3 Å². The molecule has 34 heavy (non-hydrogen) atoms. The van der Waals surface area contributed by atoms with Crippen molar-refractivity contribution in [3.63, 3.8) is 0 Å². The lowest BCUT2D eigenvalue weighted by Crippen LogP contribution is -2.35. The molecule has 0 aliphatic carbocycles. The van der Waals surface area contributed by atoms with Gasteiger partial charge in [0.2, 0.25) is 5.82 Å². The Morgan fingerprint density at radius 2 is 1.71 bits per heavy atom. The molecule has 172 valence electrons. The highest BCUT2D eigenvalue weighted by molar-refractivity contribution is 7.92. The van der Waals surface area contributed by atoms with Gasteiger partial charge < -0.3 is 9.26 Å². The average Bonchev–Trinajstić information content (AvgIpc) is 3.37. The van der Waals surface area contributed by atoms with E-state index in [0.717, 1.165) is 24.0 Å². The Morgan fingerprint density at radius 3 is 2.50 bits per heavy atom. The molecule has 0 radical (unpaired) electrons. The molecule has 0 atom stereocenters. The fourth-order valence-electron chi connectivity index (χ4n) is 3.87. The van der Waals surface area contributed by atoms with E-state index in [9.17, 15) is 13.2 Å². The average molecular weight is 476 g/mol. The predicted octanol–water partition coefficient (Wildman–Crippen LogP) is 4.24. The van der Waals surface area contributed by atoms with Gasteiger partial charge in [0, 0.05) is 12.1 Å². The molecule has 8 nitrogen and oxygen atoms in total. The molecular formula is C25H21N3O5S. The third kappa shape index (κ3) is 4.29. The number of carbonyl (C=O) groups excluding carboxylic acids is 1. The van der Waals surface area contributed by atoms with E-state index in [4.69, 9.17) is 9.26 Å². The fourth-order valence-corrected chi connectivity index (χ4v) is 5.41. The van der Waals surface area contributed by atoms with Crippen LogP contribution in [0.4, 0.5) is 5.69 Å². The number of hydrogen-bond acceptors (Lipinski definition) is 7. The number of benzene rings is 3. The fraction of sp³-hybridized carbons (Fsp3) is 0.160. The summed E-state index contributed by atoms with van der Waals surface area (Å²) in [6, 6.07) is 22.5. The quantitative estimate of drug-likeness (QED) is 0.384. The maximum atomic E-state index is 13.2. The van der Waals surface area contributed by atoms with Crippen LogP contribution < -0.4 is 4.31 Å². The Hall–Kier alpha value is -3.98. The number of para-hydroxylation sites is 1. The van der Waals surface area contributed by atoms with Gasteiger partial charge in [-0.05, 0) is 48.7 Å². The highest BCUT2D eigenvalue weighted by Crippen LogP contribution is 2.31. The lowest BCUT2D eigenvalue weighted by Gasteiger charge is -2.30. The van der Waals surface area contributed by atoms with Gasteiger partial charge in [0.05, 0.1) is 16.1 Å². The molecule has 9 heteroatoms. The smallest absolute Gasteiger partial charge is 0.338 e. The molecule has 0 fully saturated rings.